The van der Waals surface area contributed by atoms with E-state index >= 15 is 0 Å². The molecule has 1 fully saturated rings. The number of imide groups is 1. The second-order valence-corrected chi connectivity index (χ2v) is 8.79. The molecule has 0 bridgehead atoms. The van der Waals surface area contributed by atoms with Crippen molar-refractivity contribution in [3.8, 4) is 0 Å². The van der Waals surface area contributed by atoms with E-state index in [1.54, 1.807) is 17.0 Å². The maximum Gasteiger partial charge on any atom is 0.420 e. The Morgan fingerprint density at radius 1 is 1.19 bits per heavy atom. The van der Waals surface area contributed by atoms with E-state index in [1.165, 1.54) is 4.57 Å². The average molecular weight is 427 g/mol. The number of rotatable bonds is 2. The van der Waals surface area contributed by atoms with Crippen LogP contribution in [0.1, 0.15) is 51.6 Å². The van der Waals surface area contributed by atoms with E-state index in [1.807, 2.05) is 32.9 Å². The summed E-state index contributed by atoms with van der Waals surface area (Å²) in [5, 5.41) is 2.27. The summed E-state index contributed by atoms with van der Waals surface area (Å²) in [6.07, 6.45) is 2.69. The molecule has 1 aromatic carbocycles. The van der Waals surface area contributed by atoms with Gasteiger partial charge in [0.1, 0.15) is 11.6 Å². The monoisotopic (exact) mass is 427 g/mol. The lowest BCUT2D eigenvalue weighted by molar-refractivity contribution is -0.135. The van der Waals surface area contributed by atoms with Gasteiger partial charge in [0.25, 0.3) is 0 Å². The number of hydrogen-bond donors (Lipinski definition) is 1. The molecule has 0 radical (unpaired) electrons. The molecule has 9 heteroatoms. The third kappa shape index (κ3) is 4.26. The van der Waals surface area contributed by atoms with Gasteiger partial charge in [0, 0.05) is 19.5 Å². The summed E-state index contributed by atoms with van der Waals surface area (Å²) >= 11 is 0. The molecule has 2 aromatic rings. The minimum atomic E-state index is -0.770. The van der Waals surface area contributed by atoms with Crippen LogP contribution in [0.15, 0.2) is 33.5 Å². The average Bonchev–Trinajstić information content (AvgIpc) is 3.02. The van der Waals surface area contributed by atoms with Gasteiger partial charge in [0.15, 0.2) is 5.58 Å². The van der Waals surface area contributed by atoms with Crippen molar-refractivity contribution >= 4 is 34.6 Å². The Bertz CT molecular complexity index is 1150. The van der Waals surface area contributed by atoms with Crippen LogP contribution in [0.25, 0.3) is 16.7 Å². The number of nitrogens with zero attached hydrogens (tertiary/aromatic N) is 2. The predicted octanol–water partition coefficient (Wildman–Crippen LogP) is 2.60. The number of aromatic nitrogens is 1. The van der Waals surface area contributed by atoms with E-state index in [2.05, 4.69) is 5.32 Å². The minimum absolute atomic E-state index is 0.175. The zero-order chi connectivity index (χ0) is 22.3. The Balaban J connectivity index is 1.56. The predicted molar refractivity (Wildman–Crippen MR) is 112 cm³/mol. The topological polar surface area (TPSA) is 111 Å². The summed E-state index contributed by atoms with van der Waals surface area (Å²) in [5.74, 6) is -1.47. The van der Waals surface area contributed by atoms with Crippen LogP contribution >= 0.6 is 0 Å². The number of piperidine rings is 1. The van der Waals surface area contributed by atoms with Crippen molar-refractivity contribution in [2.24, 2.45) is 0 Å². The number of benzene rings is 1. The van der Waals surface area contributed by atoms with E-state index in [0.717, 1.165) is 11.1 Å². The van der Waals surface area contributed by atoms with Gasteiger partial charge >= 0.3 is 11.8 Å². The second kappa shape index (κ2) is 7.72. The SMILES string of the molecule is CC(C)(C)OC(=O)N1CC=C(c2ccc3c(c2)oc(=O)n3C2CCC(=O)NC2=O)CC1. The molecule has 164 valence electrons. The van der Waals surface area contributed by atoms with Crippen LogP contribution in [0.3, 0.4) is 0 Å². The first-order valence-corrected chi connectivity index (χ1v) is 10.3. The van der Waals surface area contributed by atoms with Gasteiger partial charge in [-0.05, 0) is 56.9 Å². The Hall–Kier alpha value is -3.36. The summed E-state index contributed by atoms with van der Waals surface area (Å²) in [5.41, 5.74) is 2.27. The van der Waals surface area contributed by atoms with Crippen LogP contribution in [0.5, 0.6) is 0 Å². The smallest absolute Gasteiger partial charge is 0.420 e. The molecule has 1 saturated heterocycles. The molecule has 0 aliphatic carbocycles. The Morgan fingerprint density at radius 3 is 2.61 bits per heavy atom. The molecular formula is C22H25N3O6. The van der Waals surface area contributed by atoms with Gasteiger partial charge in [-0.15, -0.1) is 0 Å². The second-order valence-electron chi connectivity index (χ2n) is 8.79. The van der Waals surface area contributed by atoms with E-state index in [4.69, 9.17) is 9.15 Å². The van der Waals surface area contributed by atoms with Crippen molar-refractivity contribution in [1.29, 1.82) is 0 Å². The van der Waals surface area contributed by atoms with Gasteiger partial charge < -0.3 is 14.1 Å². The van der Waals surface area contributed by atoms with Gasteiger partial charge in [0.05, 0.1) is 5.52 Å². The first-order chi connectivity index (χ1) is 14.6. The summed E-state index contributed by atoms with van der Waals surface area (Å²) in [7, 11) is 0. The molecule has 3 amide bonds. The molecule has 0 spiro atoms. The van der Waals surface area contributed by atoms with E-state index < -0.39 is 23.3 Å². The highest BCUT2D eigenvalue weighted by molar-refractivity contribution is 6.00. The summed E-state index contributed by atoms with van der Waals surface area (Å²) < 4.78 is 12.1. The van der Waals surface area contributed by atoms with Gasteiger partial charge in [-0.2, -0.15) is 0 Å². The van der Waals surface area contributed by atoms with Crippen molar-refractivity contribution < 1.29 is 23.5 Å². The van der Waals surface area contributed by atoms with Crippen molar-refractivity contribution in [1.82, 2.24) is 14.8 Å². The number of fused-ring (bicyclic) bond motifs is 1. The van der Waals surface area contributed by atoms with Gasteiger partial charge in [0.2, 0.25) is 11.8 Å². The number of carbonyl (C=O) groups is 3. The fraction of sp³-hybridized carbons (Fsp3) is 0.455. The number of oxazole rings is 1. The zero-order valence-corrected chi connectivity index (χ0v) is 17.8. The molecule has 31 heavy (non-hydrogen) atoms. The fourth-order valence-corrected chi connectivity index (χ4v) is 3.88. The van der Waals surface area contributed by atoms with Crippen LogP contribution in [-0.2, 0) is 14.3 Å². The maximum absolute atomic E-state index is 12.4. The highest BCUT2D eigenvalue weighted by Crippen LogP contribution is 2.28. The number of ether oxygens (including phenoxy) is 1. The van der Waals surface area contributed by atoms with Crippen LogP contribution < -0.4 is 11.1 Å². The van der Waals surface area contributed by atoms with Crippen molar-refractivity contribution in [3.05, 3.63) is 40.4 Å². The molecule has 1 atom stereocenters. The van der Waals surface area contributed by atoms with Gasteiger partial charge in [-0.3, -0.25) is 19.5 Å². The molecule has 1 unspecified atom stereocenters. The van der Waals surface area contributed by atoms with Crippen LogP contribution in [0.2, 0.25) is 0 Å². The Morgan fingerprint density at radius 2 is 1.97 bits per heavy atom. The third-order valence-corrected chi connectivity index (χ3v) is 5.37. The zero-order valence-electron chi connectivity index (χ0n) is 17.8. The van der Waals surface area contributed by atoms with Crippen molar-refractivity contribution in [2.45, 2.75) is 51.7 Å². The van der Waals surface area contributed by atoms with Crippen molar-refractivity contribution in [2.75, 3.05) is 13.1 Å². The van der Waals surface area contributed by atoms with Gasteiger partial charge in [-0.25, -0.2) is 9.59 Å². The molecular weight excluding hydrogens is 402 g/mol. The van der Waals surface area contributed by atoms with E-state index in [0.29, 0.717) is 30.6 Å². The number of amides is 3. The number of hydrogen-bond acceptors (Lipinski definition) is 6. The lowest BCUT2D eigenvalue weighted by Gasteiger charge is -2.29. The van der Waals surface area contributed by atoms with Crippen molar-refractivity contribution in [3.63, 3.8) is 0 Å². The maximum atomic E-state index is 12.4. The first-order valence-electron chi connectivity index (χ1n) is 10.3. The lowest BCUT2D eigenvalue weighted by atomic mass is 9.99. The first kappa shape index (κ1) is 20.9. The van der Waals surface area contributed by atoms with Crippen LogP contribution in [0.4, 0.5) is 4.79 Å². The molecule has 1 N–H and O–H groups in total. The summed E-state index contributed by atoms with van der Waals surface area (Å²) in [6, 6.07) is 4.62. The number of carbonyl (C=O) groups excluding carboxylic acids is 3. The Kier molecular flexibility index (Phi) is 5.20. The minimum Gasteiger partial charge on any atom is -0.444 e. The lowest BCUT2D eigenvalue weighted by Crippen LogP contribution is -2.43. The van der Waals surface area contributed by atoms with Gasteiger partial charge in [-0.1, -0.05) is 12.1 Å². The highest BCUT2D eigenvalue weighted by atomic mass is 16.6. The van der Waals surface area contributed by atoms with Crippen LogP contribution in [0, 0.1) is 0 Å². The van der Waals surface area contributed by atoms with E-state index in [9.17, 15) is 19.2 Å². The Labute approximate surface area is 178 Å². The third-order valence-electron chi connectivity index (χ3n) is 5.37. The summed E-state index contributed by atoms with van der Waals surface area (Å²) in [4.78, 5) is 49.9. The van der Waals surface area contributed by atoms with Crippen LogP contribution in [-0.4, -0.2) is 46.1 Å². The molecule has 2 aliphatic heterocycles. The summed E-state index contributed by atoms with van der Waals surface area (Å²) in [6.45, 7) is 6.46. The molecule has 3 heterocycles. The fourth-order valence-electron chi connectivity index (χ4n) is 3.88. The normalized spacial score (nSPS) is 19.9. The van der Waals surface area contributed by atoms with E-state index in [-0.39, 0.29) is 24.8 Å². The standard InChI is InChI=1S/C22H25N3O6/c1-22(2,3)31-20(28)24-10-8-13(9-11-24)14-4-5-15-17(12-14)30-21(29)25(15)16-6-7-18(26)23-19(16)27/h4-5,8,12,16H,6-7,9-11H2,1-3H3,(H,23,26,27). The molecule has 9 nitrogen and oxygen atoms in total. The highest BCUT2D eigenvalue weighted by Gasteiger charge is 2.31. The molecule has 4 rings (SSSR count). The molecule has 2 aliphatic rings. The molecule has 0 saturated carbocycles. The number of nitrogens with one attached hydrogen (secondary N) is 1. The molecule has 1 aromatic heterocycles. The largest absolute Gasteiger partial charge is 0.444 e. The quantitative estimate of drug-likeness (QED) is 0.738.